The molecule has 2 N–H and O–H groups in total. The Morgan fingerprint density at radius 1 is 1.26 bits per heavy atom. The lowest BCUT2D eigenvalue weighted by atomic mass is 10.1. The summed E-state index contributed by atoms with van der Waals surface area (Å²) in [6.45, 7) is 7.89. The van der Waals surface area contributed by atoms with Gasteiger partial charge in [0.25, 0.3) is 0 Å². The molecule has 1 fully saturated rings. The summed E-state index contributed by atoms with van der Waals surface area (Å²) in [4.78, 5) is 2.62. The Kier molecular flexibility index (Phi) is 4.73. The summed E-state index contributed by atoms with van der Waals surface area (Å²) >= 11 is 0. The van der Waals surface area contributed by atoms with E-state index < -0.39 is 0 Å². The van der Waals surface area contributed by atoms with Crippen LogP contribution in [-0.2, 0) is 0 Å². The van der Waals surface area contributed by atoms with E-state index in [9.17, 15) is 0 Å². The molecular formula is C17H28N2. The van der Waals surface area contributed by atoms with Crippen molar-refractivity contribution in [1.82, 2.24) is 0 Å². The molecule has 1 aliphatic carbocycles. The molecule has 0 atom stereocenters. The normalized spacial score (nSPS) is 16.2. The van der Waals surface area contributed by atoms with Crippen molar-refractivity contribution >= 4 is 11.4 Å². The van der Waals surface area contributed by atoms with Gasteiger partial charge in [-0.15, -0.1) is 0 Å². The molecule has 106 valence electrons. The van der Waals surface area contributed by atoms with Crippen LogP contribution in [0.15, 0.2) is 18.2 Å². The van der Waals surface area contributed by atoms with Crippen molar-refractivity contribution < 1.29 is 0 Å². The molecule has 1 aromatic carbocycles. The summed E-state index contributed by atoms with van der Waals surface area (Å²) in [5.74, 6) is 0.763. The van der Waals surface area contributed by atoms with Gasteiger partial charge in [-0.2, -0.15) is 0 Å². The monoisotopic (exact) mass is 260 g/mol. The summed E-state index contributed by atoms with van der Waals surface area (Å²) in [6.07, 6.45) is 6.73. The van der Waals surface area contributed by atoms with Gasteiger partial charge in [-0.1, -0.05) is 26.7 Å². The van der Waals surface area contributed by atoms with Crippen LogP contribution in [0.5, 0.6) is 0 Å². The summed E-state index contributed by atoms with van der Waals surface area (Å²) < 4.78 is 0. The van der Waals surface area contributed by atoms with Crippen molar-refractivity contribution in [1.29, 1.82) is 0 Å². The zero-order valence-corrected chi connectivity index (χ0v) is 12.7. The van der Waals surface area contributed by atoms with E-state index in [2.05, 4.69) is 43.9 Å². The van der Waals surface area contributed by atoms with Crippen LogP contribution < -0.4 is 10.6 Å². The topological polar surface area (TPSA) is 29.3 Å². The fraction of sp³-hybridized carbons (Fsp3) is 0.647. The van der Waals surface area contributed by atoms with Gasteiger partial charge in [0.2, 0.25) is 0 Å². The van der Waals surface area contributed by atoms with Crippen LogP contribution >= 0.6 is 0 Å². The van der Waals surface area contributed by atoms with Crippen molar-refractivity contribution in [2.45, 2.75) is 58.9 Å². The van der Waals surface area contributed by atoms with Gasteiger partial charge in [-0.3, -0.25) is 0 Å². The van der Waals surface area contributed by atoms with E-state index in [1.807, 2.05) is 0 Å². The van der Waals surface area contributed by atoms with Gasteiger partial charge in [-0.05, 0) is 55.9 Å². The lowest BCUT2D eigenvalue weighted by molar-refractivity contribution is 0.528. The minimum Gasteiger partial charge on any atom is -0.399 e. The standard InChI is InChI=1S/C17H28N2/c1-13(2)10-11-19(15-6-4-5-7-15)16-8-9-17(18)14(3)12-16/h8-9,12-13,15H,4-7,10-11,18H2,1-3H3. The third-order valence-electron chi connectivity index (χ3n) is 4.30. The minimum absolute atomic E-state index is 0.738. The molecule has 0 aromatic heterocycles. The Hall–Kier alpha value is -1.18. The van der Waals surface area contributed by atoms with Gasteiger partial charge in [-0.25, -0.2) is 0 Å². The van der Waals surface area contributed by atoms with E-state index in [4.69, 9.17) is 5.73 Å². The molecule has 0 bridgehead atoms. The highest BCUT2D eigenvalue weighted by Gasteiger charge is 2.23. The number of nitrogens with two attached hydrogens (primary N) is 1. The Morgan fingerprint density at radius 3 is 2.53 bits per heavy atom. The van der Waals surface area contributed by atoms with Gasteiger partial charge in [0.1, 0.15) is 0 Å². The molecule has 0 aliphatic heterocycles. The lowest BCUT2D eigenvalue weighted by Crippen LogP contribution is -2.34. The fourth-order valence-electron chi connectivity index (χ4n) is 2.97. The number of aryl methyl sites for hydroxylation is 1. The van der Waals surface area contributed by atoms with E-state index in [-0.39, 0.29) is 0 Å². The average Bonchev–Trinajstić information content (AvgIpc) is 2.87. The van der Waals surface area contributed by atoms with Crippen molar-refractivity contribution in [2.75, 3.05) is 17.2 Å². The third kappa shape index (κ3) is 3.65. The van der Waals surface area contributed by atoms with Crippen molar-refractivity contribution in [3.8, 4) is 0 Å². The summed E-state index contributed by atoms with van der Waals surface area (Å²) in [5.41, 5.74) is 9.41. The van der Waals surface area contributed by atoms with Crippen LogP contribution in [0, 0.1) is 12.8 Å². The van der Waals surface area contributed by atoms with Gasteiger partial charge in [0.05, 0.1) is 0 Å². The number of hydrogen-bond acceptors (Lipinski definition) is 2. The van der Waals surface area contributed by atoms with E-state index in [0.29, 0.717) is 0 Å². The summed E-state index contributed by atoms with van der Waals surface area (Å²) in [6, 6.07) is 7.25. The Morgan fingerprint density at radius 2 is 1.95 bits per heavy atom. The zero-order chi connectivity index (χ0) is 13.8. The highest BCUT2D eigenvalue weighted by Crippen LogP contribution is 2.30. The maximum Gasteiger partial charge on any atom is 0.0372 e. The minimum atomic E-state index is 0.738. The van der Waals surface area contributed by atoms with Gasteiger partial charge < -0.3 is 10.6 Å². The molecule has 1 saturated carbocycles. The van der Waals surface area contributed by atoms with Crippen molar-refractivity contribution in [2.24, 2.45) is 5.92 Å². The van der Waals surface area contributed by atoms with Crippen LogP contribution in [0.4, 0.5) is 11.4 Å². The quantitative estimate of drug-likeness (QED) is 0.796. The van der Waals surface area contributed by atoms with Crippen molar-refractivity contribution in [3.63, 3.8) is 0 Å². The number of nitrogen functional groups attached to an aromatic ring is 1. The molecular weight excluding hydrogens is 232 g/mol. The second-order valence-electron chi connectivity index (χ2n) is 6.36. The predicted molar refractivity (Wildman–Crippen MR) is 84.6 cm³/mol. The summed E-state index contributed by atoms with van der Waals surface area (Å²) in [7, 11) is 0. The summed E-state index contributed by atoms with van der Waals surface area (Å²) in [5, 5.41) is 0. The third-order valence-corrected chi connectivity index (χ3v) is 4.30. The van der Waals surface area contributed by atoms with E-state index in [1.165, 1.54) is 49.9 Å². The van der Waals surface area contributed by atoms with Crippen LogP contribution in [0.3, 0.4) is 0 Å². The molecule has 2 rings (SSSR count). The maximum absolute atomic E-state index is 5.95. The van der Waals surface area contributed by atoms with E-state index in [1.54, 1.807) is 0 Å². The highest BCUT2D eigenvalue weighted by molar-refractivity contribution is 5.58. The molecule has 0 amide bonds. The first kappa shape index (κ1) is 14.2. The molecule has 1 aromatic rings. The second kappa shape index (κ2) is 6.31. The maximum atomic E-state index is 5.95. The largest absolute Gasteiger partial charge is 0.399 e. The smallest absolute Gasteiger partial charge is 0.0372 e. The number of nitrogens with zero attached hydrogens (tertiary/aromatic N) is 1. The van der Waals surface area contributed by atoms with E-state index in [0.717, 1.165) is 17.6 Å². The molecule has 0 unspecified atom stereocenters. The Bertz CT molecular complexity index is 406. The molecule has 0 saturated heterocycles. The first-order valence-electron chi connectivity index (χ1n) is 7.70. The fourth-order valence-corrected chi connectivity index (χ4v) is 2.97. The highest BCUT2D eigenvalue weighted by atomic mass is 15.2. The first-order chi connectivity index (χ1) is 9.08. The Labute approximate surface area is 118 Å². The molecule has 0 radical (unpaired) electrons. The van der Waals surface area contributed by atoms with Gasteiger partial charge >= 0.3 is 0 Å². The number of hydrogen-bond donors (Lipinski definition) is 1. The van der Waals surface area contributed by atoms with Crippen LogP contribution in [0.2, 0.25) is 0 Å². The van der Waals surface area contributed by atoms with Gasteiger partial charge in [0, 0.05) is 24.0 Å². The Balaban J connectivity index is 2.17. The van der Waals surface area contributed by atoms with E-state index >= 15 is 0 Å². The first-order valence-corrected chi connectivity index (χ1v) is 7.70. The van der Waals surface area contributed by atoms with Crippen LogP contribution in [0.25, 0.3) is 0 Å². The zero-order valence-electron chi connectivity index (χ0n) is 12.7. The molecule has 0 heterocycles. The van der Waals surface area contributed by atoms with Crippen LogP contribution in [0.1, 0.15) is 51.5 Å². The molecule has 2 nitrogen and oxygen atoms in total. The number of anilines is 2. The molecule has 19 heavy (non-hydrogen) atoms. The predicted octanol–water partition coefficient (Wildman–Crippen LogP) is 4.37. The molecule has 1 aliphatic rings. The van der Waals surface area contributed by atoms with Gasteiger partial charge in [0.15, 0.2) is 0 Å². The molecule has 2 heteroatoms. The van der Waals surface area contributed by atoms with Crippen molar-refractivity contribution in [3.05, 3.63) is 23.8 Å². The number of rotatable bonds is 5. The second-order valence-corrected chi connectivity index (χ2v) is 6.36. The lowest BCUT2D eigenvalue weighted by Gasteiger charge is -2.32. The molecule has 0 spiro atoms. The SMILES string of the molecule is Cc1cc(N(CCC(C)C)C2CCCC2)ccc1N. The average molecular weight is 260 g/mol. The van der Waals surface area contributed by atoms with Crippen LogP contribution in [-0.4, -0.2) is 12.6 Å². The number of benzene rings is 1.